The Labute approximate surface area is 135 Å². The number of rotatable bonds is 4. The van der Waals surface area contributed by atoms with E-state index in [-0.39, 0.29) is 11.9 Å². The predicted molar refractivity (Wildman–Crippen MR) is 87.3 cm³/mol. The second kappa shape index (κ2) is 6.76. The maximum Gasteiger partial charge on any atom is 0.255 e. The first-order valence-corrected chi connectivity index (χ1v) is 7.92. The molecule has 23 heavy (non-hydrogen) atoms. The van der Waals surface area contributed by atoms with Gasteiger partial charge in [-0.3, -0.25) is 4.79 Å². The maximum absolute atomic E-state index is 12.5. The Morgan fingerprint density at radius 1 is 1.30 bits per heavy atom. The van der Waals surface area contributed by atoms with E-state index in [4.69, 9.17) is 0 Å². The van der Waals surface area contributed by atoms with Crippen LogP contribution < -0.4 is 10.2 Å². The molecule has 0 atom stereocenters. The van der Waals surface area contributed by atoms with Crippen LogP contribution in [0.25, 0.3) is 0 Å². The topological polar surface area (TPSA) is 75.9 Å². The molecule has 1 saturated carbocycles. The lowest BCUT2D eigenvalue weighted by atomic mass is 9.91. The molecule has 0 unspecified atom stereocenters. The third-order valence-electron chi connectivity index (χ3n) is 4.30. The average Bonchev–Trinajstić information content (AvgIpc) is 3.10. The standard InChI is InChI=1S/C16H22N6O/c1-21(2)15-14(4-3-9-18-15)16(23)20-12-5-7-13(8-6-12)22-11-17-10-19-22/h3-4,9-13H,5-8H2,1-2H3,(H,20,23). The molecule has 1 aliphatic carbocycles. The minimum atomic E-state index is -0.0500. The number of pyridine rings is 1. The Kier molecular flexibility index (Phi) is 4.55. The van der Waals surface area contributed by atoms with Gasteiger partial charge < -0.3 is 10.2 Å². The molecule has 1 N–H and O–H groups in total. The van der Waals surface area contributed by atoms with Crippen LogP contribution in [0.5, 0.6) is 0 Å². The zero-order chi connectivity index (χ0) is 16.2. The first-order valence-electron chi connectivity index (χ1n) is 7.92. The van der Waals surface area contributed by atoms with Crippen LogP contribution in [-0.4, -0.2) is 45.8 Å². The first kappa shape index (κ1) is 15.5. The van der Waals surface area contributed by atoms with Crippen molar-refractivity contribution in [1.29, 1.82) is 0 Å². The summed E-state index contributed by atoms with van der Waals surface area (Å²) in [5, 5.41) is 7.35. The lowest BCUT2D eigenvalue weighted by Gasteiger charge is -2.29. The molecule has 7 nitrogen and oxygen atoms in total. The molecule has 2 heterocycles. The smallest absolute Gasteiger partial charge is 0.255 e. The normalized spacial score (nSPS) is 21.0. The van der Waals surface area contributed by atoms with Gasteiger partial charge in [-0.2, -0.15) is 5.10 Å². The van der Waals surface area contributed by atoms with Crippen molar-refractivity contribution in [3.05, 3.63) is 36.5 Å². The van der Waals surface area contributed by atoms with E-state index >= 15 is 0 Å². The van der Waals surface area contributed by atoms with Gasteiger partial charge in [-0.25, -0.2) is 14.6 Å². The fraction of sp³-hybridized carbons (Fsp3) is 0.500. The largest absolute Gasteiger partial charge is 0.362 e. The summed E-state index contributed by atoms with van der Waals surface area (Å²) in [5.41, 5.74) is 0.621. The molecule has 0 aromatic carbocycles. The third kappa shape index (κ3) is 3.49. The van der Waals surface area contributed by atoms with E-state index in [0.29, 0.717) is 17.4 Å². The molecule has 7 heteroatoms. The molecule has 1 aliphatic rings. The summed E-state index contributed by atoms with van der Waals surface area (Å²) < 4.78 is 1.92. The van der Waals surface area contributed by atoms with Gasteiger partial charge in [0.2, 0.25) is 0 Å². The summed E-state index contributed by atoms with van der Waals surface area (Å²) in [6.45, 7) is 0. The van der Waals surface area contributed by atoms with E-state index in [9.17, 15) is 4.79 Å². The van der Waals surface area contributed by atoms with Crippen molar-refractivity contribution >= 4 is 11.7 Å². The lowest BCUT2D eigenvalue weighted by molar-refractivity contribution is 0.0922. The van der Waals surface area contributed by atoms with Gasteiger partial charge in [0.25, 0.3) is 5.91 Å². The molecule has 2 aromatic rings. The highest BCUT2D eigenvalue weighted by Gasteiger charge is 2.25. The van der Waals surface area contributed by atoms with Crippen molar-refractivity contribution in [2.75, 3.05) is 19.0 Å². The predicted octanol–water partition coefficient (Wildman–Crippen LogP) is 1.65. The number of nitrogens with one attached hydrogen (secondary N) is 1. The minimum Gasteiger partial charge on any atom is -0.362 e. The van der Waals surface area contributed by atoms with Gasteiger partial charge >= 0.3 is 0 Å². The number of hydrogen-bond donors (Lipinski definition) is 1. The SMILES string of the molecule is CN(C)c1ncccc1C(=O)NC1CCC(n2cncn2)CC1. The van der Waals surface area contributed by atoms with Gasteiger partial charge in [0.1, 0.15) is 18.5 Å². The maximum atomic E-state index is 12.5. The zero-order valence-corrected chi connectivity index (χ0v) is 13.5. The third-order valence-corrected chi connectivity index (χ3v) is 4.30. The number of amides is 1. The highest BCUT2D eigenvalue weighted by atomic mass is 16.1. The molecule has 122 valence electrons. The summed E-state index contributed by atoms with van der Waals surface area (Å²) in [7, 11) is 3.78. The van der Waals surface area contributed by atoms with Gasteiger partial charge in [0.15, 0.2) is 0 Å². The van der Waals surface area contributed by atoms with E-state index in [1.165, 1.54) is 0 Å². The highest BCUT2D eigenvalue weighted by molar-refractivity contribution is 5.99. The van der Waals surface area contributed by atoms with Crippen molar-refractivity contribution in [1.82, 2.24) is 25.1 Å². The molecular weight excluding hydrogens is 292 g/mol. The Morgan fingerprint density at radius 3 is 2.74 bits per heavy atom. The Bertz CT molecular complexity index is 646. The van der Waals surface area contributed by atoms with Crippen LogP contribution in [0.15, 0.2) is 31.0 Å². The van der Waals surface area contributed by atoms with E-state index in [1.807, 2.05) is 29.7 Å². The lowest BCUT2D eigenvalue weighted by Crippen LogP contribution is -2.38. The van der Waals surface area contributed by atoms with Crippen molar-refractivity contribution in [3.8, 4) is 0 Å². The van der Waals surface area contributed by atoms with Crippen LogP contribution in [0.1, 0.15) is 42.1 Å². The Hall–Kier alpha value is -2.44. The highest BCUT2D eigenvalue weighted by Crippen LogP contribution is 2.28. The van der Waals surface area contributed by atoms with Crippen LogP contribution in [0, 0.1) is 0 Å². The van der Waals surface area contributed by atoms with Crippen molar-refractivity contribution in [3.63, 3.8) is 0 Å². The molecule has 3 rings (SSSR count). The van der Waals surface area contributed by atoms with Crippen LogP contribution in [0.2, 0.25) is 0 Å². The van der Waals surface area contributed by atoms with Gasteiger partial charge in [-0.1, -0.05) is 0 Å². The van der Waals surface area contributed by atoms with E-state index < -0.39 is 0 Å². The molecule has 1 amide bonds. The minimum absolute atomic E-state index is 0.0500. The summed E-state index contributed by atoms with van der Waals surface area (Å²) in [6.07, 6.45) is 8.95. The Balaban J connectivity index is 1.60. The van der Waals surface area contributed by atoms with Gasteiger partial charge in [-0.15, -0.1) is 0 Å². The first-order chi connectivity index (χ1) is 11.1. The molecule has 2 aromatic heterocycles. The number of carbonyl (C=O) groups excluding carboxylic acids is 1. The zero-order valence-electron chi connectivity index (χ0n) is 13.5. The van der Waals surface area contributed by atoms with Gasteiger partial charge in [-0.05, 0) is 37.8 Å². The number of nitrogens with zero attached hydrogens (tertiary/aromatic N) is 5. The molecule has 0 spiro atoms. The summed E-state index contributed by atoms with van der Waals surface area (Å²) in [5.74, 6) is 0.646. The van der Waals surface area contributed by atoms with Gasteiger partial charge in [0.05, 0.1) is 11.6 Å². The van der Waals surface area contributed by atoms with Crippen LogP contribution >= 0.6 is 0 Å². The fourth-order valence-corrected chi connectivity index (χ4v) is 3.08. The molecule has 0 bridgehead atoms. The Morgan fingerprint density at radius 2 is 2.09 bits per heavy atom. The summed E-state index contributed by atoms with van der Waals surface area (Å²) >= 11 is 0. The number of anilines is 1. The second-order valence-electron chi connectivity index (χ2n) is 6.12. The van der Waals surface area contributed by atoms with Crippen LogP contribution in [-0.2, 0) is 0 Å². The van der Waals surface area contributed by atoms with Crippen molar-refractivity contribution < 1.29 is 4.79 Å². The van der Waals surface area contributed by atoms with Gasteiger partial charge in [0, 0.05) is 26.3 Å². The molecule has 0 radical (unpaired) electrons. The number of carbonyl (C=O) groups is 1. The quantitative estimate of drug-likeness (QED) is 0.928. The molecule has 0 aliphatic heterocycles. The van der Waals surface area contributed by atoms with Crippen LogP contribution in [0.4, 0.5) is 5.82 Å². The summed E-state index contributed by atoms with van der Waals surface area (Å²) in [6, 6.07) is 4.21. The van der Waals surface area contributed by atoms with E-state index in [1.54, 1.807) is 24.9 Å². The molecule has 0 saturated heterocycles. The molecule has 1 fully saturated rings. The van der Waals surface area contributed by atoms with Crippen molar-refractivity contribution in [2.24, 2.45) is 0 Å². The number of hydrogen-bond acceptors (Lipinski definition) is 5. The number of aromatic nitrogens is 4. The monoisotopic (exact) mass is 314 g/mol. The van der Waals surface area contributed by atoms with Crippen LogP contribution in [0.3, 0.4) is 0 Å². The second-order valence-corrected chi connectivity index (χ2v) is 6.12. The van der Waals surface area contributed by atoms with E-state index in [0.717, 1.165) is 25.7 Å². The summed E-state index contributed by atoms with van der Waals surface area (Å²) in [4.78, 5) is 22.7. The van der Waals surface area contributed by atoms with Crippen molar-refractivity contribution in [2.45, 2.75) is 37.8 Å². The molecular formula is C16H22N6O. The average molecular weight is 314 g/mol. The van der Waals surface area contributed by atoms with E-state index in [2.05, 4.69) is 20.4 Å². The fourth-order valence-electron chi connectivity index (χ4n) is 3.08.